The fraction of sp³-hybridized carbons (Fsp3) is 0.100. The van der Waals surface area contributed by atoms with Crippen LogP contribution in [0, 0.1) is 0 Å². The molecule has 1 heterocycles. The molecular formula is C20H18N2O. The van der Waals surface area contributed by atoms with E-state index in [2.05, 4.69) is 29.6 Å². The molecule has 0 fully saturated rings. The Morgan fingerprint density at radius 1 is 0.826 bits per heavy atom. The van der Waals surface area contributed by atoms with Gasteiger partial charge in [0.15, 0.2) is 0 Å². The molecule has 1 unspecified atom stereocenters. The monoisotopic (exact) mass is 302 g/mol. The second kappa shape index (κ2) is 5.88. The van der Waals surface area contributed by atoms with Crippen molar-refractivity contribution < 1.29 is 4.42 Å². The van der Waals surface area contributed by atoms with Crippen LogP contribution in [0.2, 0.25) is 0 Å². The normalized spacial score (nSPS) is 12.7. The maximum absolute atomic E-state index is 6.22. The van der Waals surface area contributed by atoms with E-state index in [-0.39, 0.29) is 6.17 Å². The Bertz CT molecular complexity index is 944. The van der Waals surface area contributed by atoms with Gasteiger partial charge in [0, 0.05) is 22.9 Å². The fourth-order valence-electron chi connectivity index (χ4n) is 2.94. The molecule has 0 radical (unpaired) electrons. The number of benzene rings is 3. The number of rotatable bonds is 4. The molecule has 0 bridgehead atoms. The van der Waals surface area contributed by atoms with Crippen molar-refractivity contribution in [2.24, 2.45) is 5.73 Å². The second-order valence-electron chi connectivity index (χ2n) is 5.66. The smallest absolute Gasteiger partial charge is 0.139 e. The van der Waals surface area contributed by atoms with Crippen molar-refractivity contribution in [2.45, 2.75) is 12.7 Å². The molecule has 0 spiro atoms. The molecule has 0 amide bonds. The van der Waals surface area contributed by atoms with Crippen molar-refractivity contribution in [3.05, 3.63) is 83.9 Å². The van der Waals surface area contributed by atoms with E-state index in [0.29, 0.717) is 6.54 Å². The highest BCUT2D eigenvalue weighted by Crippen LogP contribution is 2.30. The Morgan fingerprint density at radius 2 is 1.57 bits per heavy atom. The summed E-state index contributed by atoms with van der Waals surface area (Å²) < 4.78 is 6.04. The van der Waals surface area contributed by atoms with E-state index < -0.39 is 0 Å². The molecule has 3 N–H and O–H groups in total. The van der Waals surface area contributed by atoms with Gasteiger partial charge in [-0.25, -0.2) is 0 Å². The molecule has 23 heavy (non-hydrogen) atoms. The first kappa shape index (κ1) is 14.0. The third kappa shape index (κ3) is 2.61. The number of fused-ring (bicyclic) bond motifs is 3. The van der Waals surface area contributed by atoms with E-state index in [1.165, 1.54) is 0 Å². The first-order valence-corrected chi connectivity index (χ1v) is 7.76. The lowest BCUT2D eigenvalue weighted by molar-refractivity contribution is 0.548. The summed E-state index contributed by atoms with van der Waals surface area (Å²) in [5.41, 5.74) is 10.3. The predicted molar refractivity (Wildman–Crippen MR) is 93.9 cm³/mol. The van der Waals surface area contributed by atoms with E-state index in [1.54, 1.807) is 0 Å². The summed E-state index contributed by atoms with van der Waals surface area (Å²) >= 11 is 0. The van der Waals surface area contributed by atoms with Crippen LogP contribution < -0.4 is 11.1 Å². The summed E-state index contributed by atoms with van der Waals surface area (Å²) in [5, 5.41) is 5.67. The van der Waals surface area contributed by atoms with Crippen molar-refractivity contribution in [2.75, 3.05) is 0 Å². The highest BCUT2D eigenvalue weighted by atomic mass is 16.3. The van der Waals surface area contributed by atoms with Crippen LogP contribution in [0.15, 0.2) is 77.2 Å². The Labute approximate surface area is 134 Å². The standard InChI is InChI=1S/C20H18N2O/c21-20(14-7-2-1-3-8-14)22-13-15-9-6-11-17-16-10-4-5-12-18(16)23-19(15)17/h1-12,20,22H,13,21H2. The van der Waals surface area contributed by atoms with Gasteiger partial charge in [0.25, 0.3) is 0 Å². The quantitative estimate of drug-likeness (QED) is 0.552. The third-order valence-corrected chi connectivity index (χ3v) is 4.16. The van der Waals surface area contributed by atoms with Crippen molar-refractivity contribution >= 4 is 21.9 Å². The molecule has 3 aromatic carbocycles. The first-order chi connectivity index (χ1) is 11.3. The number of nitrogens with one attached hydrogen (secondary N) is 1. The molecule has 1 aromatic heterocycles. The van der Waals surface area contributed by atoms with E-state index in [1.807, 2.05) is 48.5 Å². The molecule has 3 nitrogen and oxygen atoms in total. The Morgan fingerprint density at radius 3 is 2.43 bits per heavy atom. The largest absolute Gasteiger partial charge is 0.456 e. The Balaban J connectivity index is 1.64. The number of nitrogens with two attached hydrogens (primary N) is 1. The summed E-state index contributed by atoms with van der Waals surface area (Å²) in [7, 11) is 0. The van der Waals surface area contributed by atoms with Gasteiger partial charge in [-0.2, -0.15) is 0 Å². The second-order valence-corrected chi connectivity index (χ2v) is 5.66. The number of para-hydroxylation sites is 2. The molecular weight excluding hydrogens is 284 g/mol. The van der Waals surface area contributed by atoms with Gasteiger partial charge >= 0.3 is 0 Å². The van der Waals surface area contributed by atoms with Crippen LogP contribution in [0.25, 0.3) is 21.9 Å². The number of furan rings is 1. The zero-order valence-electron chi connectivity index (χ0n) is 12.7. The minimum atomic E-state index is -0.198. The van der Waals surface area contributed by atoms with Crippen LogP contribution in [-0.2, 0) is 6.54 Å². The summed E-state index contributed by atoms with van der Waals surface area (Å²) in [4.78, 5) is 0. The predicted octanol–water partition coefficient (Wildman–Crippen LogP) is 4.33. The Hall–Kier alpha value is -2.62. The summed E-state index contributed by atoms with van der Waals surface area (Å²) in [6.07, 6.45) is -0.198. The molecule has 0 saturated heterocycles. The molecule has 0 aliphatic heterocycles. The van der Waals surface area contributed by atoms with E-state index in [4.69, 9.17) is 10.2 Å². The molecule has 3 heteroatoms. The van der Waals surface area contributed by atoms with Gasteiger partial charge in [-0.05, 0) is 11.6 Å². The van der Waals surface area contributed by atoms with Crippen molar-refractivity contribution in [3.8, 4) is 0 Å². The van der Waals surface area contributed by atoms with Gasteiger partial charge in [-0.15, -0.1) is 0 Å². The van der Waals surface area contributed by atoms with Crippen LogP contribution in [0.5, 0.6) is 0 Å². The van der Waals surface area contributed by atoms with Gasteiger partial charge in [0.1, 0.15) is 11.2 Å². The minimum Gasteiger partial charge on any atom is -0.456 e. The molecule has 4 aromatic rings. The molecule has 4 rings (SSSR count). The van der Waals surface area contributed by atoms with E-state index in [9.17, 15) is 0 Å². The Kier molecular flexibility index (Phi) is 3.58. The maximum Gasteiger partial charge on any atom is 0.139 e. The van der Waals surface area contributed by atoms with Crippen LogP contribution in [0.1, 0.15) is 17.3 Å². The summed E-state index contributed by atoms with van der Waals surface area (Å²) in [6.45, 7) is 0.660. The number of hydrogen-bond donors (Lipinski definition) is 2. The maximum atomic E-state index is 6.22. The lowest BCUT2D eigenvalue weighted by Gasteiger charge is -2.14. The van der Waals surface area contributed by atoms with Gasteiger partial charge in [-0.3, -0.25) is 5.32 Å². The van der Waals surface area contributed by atoms with Gasteiger partial charge < -0.3 is 10.2 Å². The summed E-state index contributed by atoms with van der Waals surface area (Å²) in [6, 6.07) is 24.4. The van der Waals surface area contributed by atoms with Crippen molar-refractivity contribution in [1.29, 1.82) is 0 Å². The van der Waals surface area contributed by atoms with Crippen LogP contribution in [0.3, 0.4) is 0 Å². The zero-order chi connectivity index (χ0) is 15.6. The van der Waals surface area contributed by atoms with Gasteiger partial charge in [-0.1, -0.05) is 66.7 Å². The fourth-order valence-corrected chi connectivity index (χ4v) is 2.94. The topological polar surface area (TPSA) is 51.2 Å². The lowest BCUT2D eigenvalue weighted by Crippen LogP contribution is -2.28. The lowest BCUT2D eigenvalue weighted by atomic mass is 10.1. The van der Waals surface area contributed by atoms with Gasteiger partial charge in [0.2, 0.25) is 0 Å². The van der Waals surface area contributed by atoms with Crippen molar-refractivity contribution in [3.63, 3.8) is 0 Å². The highest BCUT2D eigenvalue weighted by molar-refractivity contribution is 6.05. The average Bonchev–Trinajstić information content (AvgIpc) is 3.00. The molecule has 114 valence electrons. The van der Waals surface area contributed by atoms with Crippen molar-refractivity contribution in [1.82, 2.24) is 5.32 Å². The molecule has 0 saturated carbocycles. The van der Waals surface area contributed by atoms with Crippen LogP contribution in [0.4, 0.5) is 0 Å². The van der Waals surface area contributed by atoms with E-state index in [0.717, 1.165) is 33.1 Å². The first-order valence-electron chi connectivity index (χ1n) is 7.76. The third-order valence-electron chi connectivity index (χ3n) is 4.16. The molecule has 0 aliphatic rings. The molecule has 0 aliphatic carbocycles. The van der Waals surface area contributed by atoms with Gasteiger partial charge in [0.05, 0.1) is 6.17 Å². The van der Waals surface area contributed by atoms with Crippen LogP contribution in [-0.4, -0.2) is 0 Å². The summed E-state index contributed by atoms with van der Waals surface area (Å²) in [5.74, 6) is 0. The average molecular weight is 302 g/mol. The van der Waals surface area contributed by atoms with E-state index >= 15 is 0 Å². The zero-order valence-corrected chi connectivity index (χ0v) is 12.7. The SMILES string of the molecule is NC(NCc1cccc2c1oc1ccccc12)c1ccccc1. The van der Waals surface area contributed by atoms with Crippen LogP contribution >= 0.6 is 0 Å². The molecule has 1 atom stereocenters. The number of hydrogen-bond acceptors (Lipinski definition) is 3. The highest BCUT2D eigenvalue weighted by Gasteiger charge is 2.11. The minimum absolute atomic E-state index is 0.198.